The third-order valence-electron chi connectivity index (χ3n) is 3.70. The molecule has 4 aromatic rings. The van der Waals surface area contributed by atoms with E-state index in [9.17, 15) is 0 Å². The van der Waals surface area contributed by atoms with E-state index in [1.54, 1.807) is 0 Å². The van der Waals surface area contributed by atoms with E-state index in [0.717, 1.165) is 6.42 Å². The molecule has 2 heteroatoms. The third-order valence-corrected chi connectivity index (χ3v) is 3.70. The van der Waals surface area contributed by atoms with Gasteiger partial charge < -0.3 is 4.98 Å². The Labute approximate surface area is 117 Å². The van der Waals surface area contributed by atoms with Crippen LogP contribution in [0.3, 0.4) is 0 Å². The first-order valence-corrected chi connectivity index (χ1v) is 6.78. The molecule has 1 N–H and O–H groups in total. The van der Waals surface area contributed by atoms with Gasteiger partial charge in [-0.25, -0.2) is 0 Å². The van der Waals surface area contributed by atoms with Gasteiger partial charge in [0.25, 0.3) is 0 Å². The summed E-state index contributed by atoms with van der Waals surface area (Å²) < 4.78 is 0. The van der Waals surface area contributed by atoms with E-state index < -0.39 is 0 Å². The maximum Gasteiger partial charge on any atom is 0.0467 e. The van der Waals surface area contributed by atoms with Crippen molar-refractivity contribution in [2.24, 2.45) is 0 Å². The molecule has 2 heterocycles. The number of fused-ring (bicyclic) bond motifs is 3. The Kier molecular flexibility index (Phi) is 2.52. The second-order valence-electron chi connectivity index (χ2n) is 5.09. The summed E-state index contributed by atoms with van der Waals surface area (Å²) in [6.45, 7) is 0. The number of rotatable bonds is 2. The van der Waals surface area contributed by atoms with Crippen molar-refractivity contribution in [3.8, 4) is 0 Å². The molecule has 0 aliphatic rings. The molecule has 0 fully saturated rings. The quantitative estimate of drug-likeness (QED) is 0.570. The number of aromatic nitrogens is 2. The Bertz CT molecular complexity index is 876. The Morgan fingerprint density at radius 3 is 2.60 bits per heavy atom. The van der Waals surface area contributed by atoms with E-state index in [0.29, 0.717) is 0 Å². The van der Waals surface area contributed by atoms with Gasteiger partial charge in [-0.05, 0) is 35.7 Å². The van der Waals surface area contributed by atoms with Crippen LogP contribution in [-0.2, 0) is 6.42 Å². The maximum absolute atomic E-state index is 4.17. The van der Waals surface area contributed by atoms with Crippen LogP contribution in [0.1, 0.15) is 11.1 Å². The molecule has 0 unspecified atom stereocenters. The number of aromatic amines is 1. The minimum atomic E-state index is 0.916. The van der Waals surface area contributed by atoms with Crippen molar-refractivity contribution in [1.82, 2.24) is 9.97 Å². The van der Waals surface area contributed by atoms with E-state index in [-0.39, 0.29) is 0 Å². The molecule has 0 amide bonds. The molecule has 20 heavy (non-hydrogen) atoms. The van der Waals surface area contributed by atoms with Crippen LogP contribution in [0, 0.1) is 0 Å². The number of hydrogen-bond donors (Lipinski definition) is 1. The first kappa shape index (κ1) is 11.2. The first-order valence-electron chi connectivity index (χ1n) is 6.78. The van der Waals surface area contributed by atoms with Crippen LogP contribution in [-0.4, -0.2) is 9.97 Å². The van der Waals surface area contributed by atoms with Crippen molar-refractivity contribution >= 4 is 21.8 Å². The van der Waals surface area contributed by atoms with E-state index in [4.69, 9.17) is 0 Å². The maximum atomic E-state index is 4.17. The Balaban J connectivity index is 1.81. The second-order valence-corrected chi connectivity index (χ2v) is 5.09. The number of nitrogens with one attached hydrogen (secondary N) is 1. The summed E-state index contributed by atoms with van der Waals surface area (Å²) in [5.41, 5.74) is 4.94. The van der Waals surface area contributed by atoms with Crippen LogP contribution in [0.5, 0.6) is 0 Å². The highest BCUT2D eigenvalue weighted by Crippen LogP contribution is 2.26. The lowest BCUT2D eigenvalue weighted by atomic mass is 10.0. The van der Waals surface area contributed by atoms with Gasteiger partial charge in [-0.1, -0.05) is 36.4 Å². The fourth-order valence-corrected chi connectivity index (χ4v) is 2.75. The molecule has 2 aromatic heterocycles. The molecular weight excluding hydrogens is 244 g/mol. The number of H-pyrrole nitrogens is 1. The van der Waals surface area contributed by atoms with Gasteiger partial charge in [-0.3, -0.25) is 4.98 Å². The lowest BCUT2D eigenvalue weighted by Gasteiger charge is -2.01. The SMILES string of the molecule is c1cncc(Cc2ccc3c(c2)[nH]c2ccccc23)c1. The number of para-hydroxylation sites is 1. The molecule has 0 aliphatic carbocycles. The first-order chi connectivity index (χ1) is 9.90. The zero-order valence-electron chi connectivity index (χ0n) is 11.0. The summed E-state index contributed by atoms with van der Waals surface area (Å²) in [6, 6.07) is 19.2. The molecule has 0 saturated carbocycles. The zero-order valence-corrected chi connectivity index (χ0v) is 11.0. The fraction of sp³-hybridized carbons (Fsp3) is 0.0556. The van der Waals surface area contributed by atoms with Gasteiger partial charge in [0.15, 0.2) is 0 Å². The van der Waals surface area contributed by atoms with Gasteiger partial charge in [-0.15, -0.1) is 0 Å². The number of benzene rings is 2. The average molecular weight is 258 g/mol. The van der Waals surface area contributed by atoms with Crippen molar-refractivity contribution in [2.45, 2.75) is 6.42 Å². The summed E-state index contributed by atoms with van der Waals surface area (Å²) in [5.74, 6) is 0. The number of hydrogen-bond acceptors (Lipinski definition) is 1. The summed E-state index contributed by atoms with van der Waals surface area (Å²) >= 11 is 0. The Morgan fingerprint density at radius 1 is 0.800 bits per heavy atom. The standard InChI is InChI=1S/C18H14N2/c1-2-6-17-15(5-1)16-8-7-13(11-18(16)20-17)10-14-4-3-9-19-12-14/h1-9,11-12,20H,10H2. The predicted molar refractivity (Wildman–Crippen MR) is 82.8 cm³/mol. The minimum absolute atomic E-state index is 0.916. The van der Waals surface area contributed by atoms with Crippen LogP contribution in [0.15, 0.2) is 67.0 Å². The molecule has 0 aliphatic heterocycles. The van der Waals surface area contributed by atoms with Crippen molar-refractivity contribution in [3.05, 3.63) is 78.1 Å². The van der Waals surface area contributed by atoms with Crippen molar-refractivity contribution < 1.29 is 0 Å². The van der Waals surface area contributed by atoms with E-state index in [1.165, 1.54) is 32.9 Å². The predicted octanol–water partition coefficient (Wildman–Crippen LogP) is 4.31. The van der Waals surface area contributed by atoms with Crippen LogP contribution < -0.4 is 0 Å². The molecular formula is C18H14N2. The molecule has 0 radical (unpaired) electrons. The topological polar surface area (TPSA) is 28.7 Å². The third kappa shape index (κ3) is 1.86. The van der Waals surface area contributed by atoms with E-state index >= 15 is 0 Å². The summed E-state index contributed by atoms with van der Waals surface area (Å²) in [5, 5.41) is 2.57. The van der Waals surface area contributed by atoms with Gasteiger partial charge in [0.2, 0.25) is 0 Å². The van der Waals surface area contributed by atoms with E-state index in [2.05, 4.69) is 58.5 Å². The van der Waals surface area contributed by atoms with Gasteiger partial charge >= 0.3 is 0 Å². The monoisotopic (exact) mass is 258 g/mol. The molecule has 96 valence electrons. The molecule has 4 rings (SSSR count). The highest BCUT2D eigenvalue weighted by Gasteiger charge is 2.04. The van der Waals surface area contributed by atoms with E-state index in [1.807, 2.05) is 18.5 Å². The molecule has 2 aromatic carbocycles. The van der Waals surface area contributed by atoms with Crippen LogP contribution in [0.4, 0.5) is 0 Å². The molecule has 0 bridgehead atoms. The molecule has 0 saturated heterocycles. The second kappa shape index (κ2) is 4.49. The van der Waals surface area contributed by atoms with Crippen LogP contribution in [0.2, 0.25) is 0 Å². The fourth-order valence-electron chi connectivity index (χ4n) is 2.75. The highest BCUT2D eigenvalue weighted by atomic mass is 14.7. The van der Waals surface area contributed by atoms with Gasteiger partial charge in [-0.2, -0.15) is 0 Å². The summed E-state index contributed by atoms with van der Waals surface area (Å²) in [7, 11) is 0. The molecule has 2 nitrogen and oxygen atoms in total. The highest BCUT2D eigenvalue weighted by molar-refractivity contribution is 6.07. The zero-order chi connectivity index (χ0) is 13.4. The van der Waals surface area contributed by atoms with Gasteiger partial charge in [0.1, 0.15) is 0 Å². The molecule has 0 spiro atoms. The smallest absolute Gasteiger partial charge is 0.0467 e. The Hall–Kier alpha value is -2.61. The normalized spacial score (nSPS) is 11.2. The Morgan fingerprint density at radius 2 is 1.70 bits per heavy atom. The summed E-state index contributed by atoms with van der Waals surface area (Å²) in [6.07, 6.45) is 4.65. The van der Waals surface area contributed by atoms with Crippen LogP contribution in [0.25, 0.3) is 21.8 Å². The number of nitrogens with zero attached hydrogens (tertiary/aromatic N) is 1. The van der Waals surface area contributed by atoms with Gasteiger partial charge in [0.05, 0.1) is 0 Å². The summed E-state index contributed by atoms with van der Waals surface area (Å²) in [4.78, 5) is 7.66. The van der Waals surface area contributed by atoms with Crippen LogP contribution >= 0.6 is 0 Å². The lowest BCUT2D eigenvalue weighted by molar-refractivity contribution is 1.15. The molecule has 0 atom stereocenters. The van der Waals surface area contributed by atoms with Crippen molar-refractivity contribution in [2.75, 3.05) is 0 Å². The van der Waals surface area contributed by atoms with Crippen molar-refractivity contribution in [1.29, 1.82) is 0 Å². The van der Waals surface area contributed by atoms with Crippen molar-refractivity contribution in [3.63, 3.8) is 0 Å². The average Bonchev–Trinajstić information content (AvgIpc) is 2.86. The number of pyridine rings is 1. The van der Waals surface area contributed by atoms with Gasteiger partial charge in [0, 0.05) is 34.2 Å². The largest absolute Gasteiger partial charge is 0.355 e. The lowest BCUT2D eigenvalue weighted by Crippen LogP contribution is -1.88. The minimum Gasteiger partial charge on any atom is -0.355 e.